The van der Waals surface area contributed by atoms with Gasteiger partial charge in [-0.1, -0.05) is 6.92 Å². The highest BCUT2D eigenvalue weighted by molar-refractivity contribution is 5.94. The number of nitrogens with two attached hydrogens (primary N) is 1. The molecule has 1 aromatic heterocycles. The fourth-order valence-corrected chi connectivity index (χ4v) is 1.61. The molecule has 0 aliphatic heterocycles. The van der Waals surface area contributed by atoms with Gasteiger partial charge in [0.25, 0.3) is 5.91 Å². The Labute approximate surface area is 96.5 Å². The third-order valence-electron chi connectivity index (χ3n) is 2.56. The molecule has 1 aromatic rings. The lowest BCUT2D eigenvalue weighted by Crippen LogP contribution is -2.30. The van der Waals surface area contributed by atoms with Crippen molar-refractivity contribution in [3.63, 3.8) is 0 Å². The second kappa shape index (κ2) is 5.49. The van der Waals surface area contributed by atoms with Crippen molar-refractivity contribution >= 4 is 11.7 Å². The van der Waals surface area contributed by atoms with Crippen LogP contribution in [0.1, 0.15) is 36.8 Å². The van der Waals surface area contributed by atoms with Crippen molar-refractivity contribution < 1.29 is 4.79 Å². The zero-order chi connectivity index (χ0) is 12.1. The van der Waals surface area contributed by atoms with Crippen LogP contribution in [0.25, 0.3) is 0 Å². The predicted octanol–water partition coefficient (Wildman–Crippen LogP) is 1.71. The molecule has 2 N–H and O–H groups in total. The zero-order valence-electron chi connectivity index (χ0n) is 10.2. The maximum Gasteiger partial charge on any atom is 0.254 e. The van der Waals surface area contributed by atoms with E-state index in [0.717, 1.165) is 12.1 Å². The van der Waals surface area contributed by atoms with Crippen molar-refractivity contribution in [2.24, 2.45) is 0 Å². The summed E-state index contributed by atoms with van der Waals surface area (Å²) in [6, 6.07) is 3.46. The lowest BCUT2D eigenvalue weighted by Gasteiger charge is -2.19. The van der Waals surface area contributed by atoms with Gasteiger partial charge in [0.15, 0.2) is 0 Å². The van der Waals surface area contributed by atoms with Crippen LogP contribution in [-0.4, -0.2) is 28.9 Å². The Morgan fingerprint density at radius 2 is 1.94 bits per heavy atom. The van der Waals surface area contributed by atoms with Gasteiger partial charge in [0.2, 0.25) is 0 Å². The molecule has 0 unspecified atom stereocenters. The lowest BCUT2D eigenvalue weighted by atomic mass is 10.1. The Hall–Kier alpha value is -1.58. The minimum atomic E-state index is 0.0220. The number of nitrogens with zero attached hydrogens (tertiary/aromatic N) is 2. The van der Waals surface area contributed by atoms with E-state index >= 15 is 0 Å². The van der Waals surface area contributed by atoms with Gasteiger partial charge >= 0.3 is 0 Å². The second-order valence-electron chi connectivity index (χ2n) is 3.60. The summed E-state index contributed by atoms with van der Waals surface area (Å²) < 4.78 is 0. The highest BCUT2D eigenvalue weighted by atomic mass is 16.2. The van der Waals surface area contributed by atoms with Crippen LogP contribution in [0.2, 0.25) is 0 Å². The van der Waals surface area contributed by atoms with Gasteiger partial charge in [-0.2, -0.15) is 0 Å². The highest BCUT2D eigenvalue weighted by Crippen LogP contribution is 2.11. The molecule has 0 aromatic carbocycles. The van der Waals surface area contributed by atoms with E-state index < -0.39 is 0 Å². The molecule has 0 spiro atoms. The van der Waals surface area contributed by atoms with Gasteiger partial charge in [-0.25, -0.2) is 4.98 Å². The summed E-state index contributed by atoms with van der Waals surface area (Å²) in [4.78, 5) is 18.0. The number of anilines is 1. The predicted molar refractivity (Wildman–Crippen MR) is 65.3 cm³/mol. The van der Waals surface area contributed by atoms with Gasteiger partial charge in [0.05, 0.1) is 0 Å². The molecular formula is C12H19N3O. The topological polar surface area (TPSA) is 59.2 Å². The molecule has 0 radical (unpaired) electrons. The van der Waals surface area contributed by atoms with E-state index in [1.165, 1.54) is 0 Å². The van der Waals surface area contributed by atoms with Gasteiger partial charge in [-0.15, -0.1) is 0 Å². The van der Waals surface area contributed by atoms with Gasteiger partial charge in [-0.05, 0) is 32.4 Å². The van der Waals surface area contributed by atoms with E-state index in [-0.39, 0.29) is 5.91 Å². The lowest BCUT2D eigenvalue weighted by molar-refractivity contribution is 0.0773. The van der Waals surface area contributed by atoms with Crippen molar-refractivity contribution in [2.45, 2.75) is 27.2 Å². The molecule has 88 valence electrons. The number of aromatic nitrogens is 1. The fourth-order valence-electron chi connectivity index (χ4n) is 1.61. The number of carbonyl (C=O) groups is 1. The SMILES string of the molecule is CCc1cc(C(=O)N(CC)CC)cc(N)n1. The Kier molecular flexibility index (Phi) is 4.28. The van der Waals surface area contributed by atoms with Crippen LogP contribution < -0.4 is 5.73 Å². The molecule has 0 fully saturated rings. The maximum atomic E-state index is 12.1. The fraction of sp³-hybridized carbons (Fsp3) is 0.500. The van der Waals surface area contributed by atoms with Crippen LogP contribution in [-0.2, 0) is 6.42 Å². The van der Waals surface area contributed by atoms with Crippen LogP contribution in [0, 0.1) is 0 Å². The molecule has 0 aliphatic rings. The average Bonchev–Trinajstić information content (AvgIpc) is 2.29. The highest BCUT2D eigenvalue weighted by Gasteiger charge is 2.13. The van der Waals surface area contributed by atoms with Crippen molar-refractivity contribution in [3.8, 4) is 0 Å². The molecular weight excluding hydrogens is 202 g/mol. The minimum Gasteiger partial charge on any atom is -0.384 e. The smallest absolute Gasteiger partial charge is 0.254 e. The number of hydrogen-bond acceptors (Lipinski definition) is 3. The maximum absolute atomic E-state index is 12.1. The third-order valence-corrected chi connectivity index (χ3v) is 2.56. The standard InChI is InChI=1S/C12H19N3O/c1-4-10-7-9(8-11(13)14-10)12(16)15(5-2)6-3/h7-8H,4-6H2,1-3H3,(H2,13,14). The summed E-state index contributed by atoms with van der Waals surface area (Å²) in [5, 5.41) is 0. The molecule has 4 heteroatoms. The molecule has 0 aliphatic carbocycles. The van der Waals surface area contributed by atoms with E-state index in [1.54, 1.807) is 11.0 Å². The first-order valence-electron chi connectivity index (χ1n) is 5.68. The van der Waals surface area contributed by atoms with E-state index in [1.807, 2.05) is 26.8 Å². The quantitative estimate of drug-likeness (QED) is 0.842. The van der Waals surface area contributed by atoms with Gasteiger partial charge < -0.3 is 10.6 Å². The second-order valence-corrected chi connectivity index (χ2v) is 3.60. The van der Waals surface area contributed by atoms with Crippen LogP contribution in [0.4, 0.5) is 5.82 Å². The van der Waals surface area contributed by atoms with Gasteiger partial charge in [0, 0.05) is 24.3 Å². The molecule has 4 nitrogen and oxygen atoms in total. The summed E-state index contributed by atoms with van der Waals surface area (Å²) in [6.45, 7) is 7.34. The average molecular weight is 221 g/mol. The summed E-state index contributed by atoms with van der Waals surface area (Å²) >= 11 is 0. The van der Waals surface area contributed by atoms with Gasteiger partial charge in [0.1, 0.15) is 5.82 Å². The molecule has 16 heavy (non-hydrogen) atoms. The number of nitrogen functional groups attached to an aromatic ring is 1. The normalized spacial score (nSPS) is 10.2. The summed E-state index contributed by atoms with van der Waals surface area (Å²) in [5.74, 6) is 0.434. The Morgan fingerprint density at radius 1 is 1.31 bits per heavy atom. The molecule has 1 amide bonds. The number of hydrogen-bond donors (Lipinski definition) is 1. The summed E-state index contributed by atoms with van der Waals surface area (Å²) in [7, 11) is 0. The number of pyridine rings is 1. The van der Waals surface area contributed by atoms with Crippen molar-refractivity contribution in [1.29, 1.82) is 0 Å². The Morgan fingerprint density at radius 3 is 2.44 bits per heavy atom. The first kappa shape index (κ1) is 12.5. The van der Waals surface area contributed by atoms with Crippen LogP contribution in [0.5, 0.6) is 0 Å². The summed E-state index contributed by atoms with van der Waals surface area (Å²) in [5.41, 5.74) is 7.16. The molecule has 1 rings (SSSR count). The van der Waals surface area contributed by atoms with E-state index in [4.69, 9.17) is 5.73 Å². The molecule has 0 saturated heterocycles. The van der Waals surface area contributed by atoms with E-state index in [0.29, 0.717) is 24.5 Å². The molecule has 0 saturated carbocycles. The van der Waals surface area contributed by atoms with E-state index in [9.17, 15) is 4.79 Å². The largest absolute Gasteiger partial charge is 0.384 e. The Balaban J connectivity index is 3.03. The van der Waals surface area contributed by atoms with Gasteiger partial charge in [-0.3, -0.25) is 4.79 Å². The minimum absolute atomic E-state index is 0.0220. The Bertz CT molecular complexity index is 373. The number of amides is 1. The van der Waals surface area contributed by atoms with Crippen LogP contribution >= 0.6 is 0 Å². The number of rotatable bonds is 4. The monoisotopic (exact) mass is 221 g/mol. The summed E-state index contributed by atoms with van der Waals surface area (Å²) in [6.07, 6.45) is 0.781. The number of aryl methyl sites for hydroxylation is 1. The van der Waals surface area contributed by atoms with Crippen LogP contribution in [0.15, 0.2) is 12.1 Å². The number of carbonyl (C=O) groups excluding carboxylic acids is 1. The van der Waals surface area contributed by atoms with Crippen molar-refractivity contribution in [1.82, 2.24) is 9.88 Å². The first-order valence-corrected chi connectivity index (χ1v) is 5.68. The third kappa shape index (κ3) is 2.72. The van der Waals surface area contributed by atoms with Crippen molar-refractivity contribution in [3.05, 3.63) is 23.4 Å². The van der Waals surface area contributed by atoms with E-state index in [2.05, 4.69) is 4.98 Å². The molecule has 0 atom stereocenters. The molecule has 1 heterocycles. The first-order chi connectivity index (χ1) is 7.62. The molecule has 0 bridgehead atoms. The zero-order valence-corrected chi connectivity index (χ0v) is 10.2. The van der Waals surface area contributed by atoms with Crippen molar-refractivity contribution in [2.75, 3.05) is 18.8 Å². The van der Waals surface area contributed by atoms with Crippen LogP contribution in [0.3, 0.4) is 0 Å².